The molecule has 0 heterocycles. The first-order valence-corrected chi connectivity index (χ1v) is 10.3. The van der Waals surface area contributed by atoms with Crippen molar-refractivity contribution >= 4 is 35.0 Å². The Hall–Kier alpha value is -2.11. The first-order valence-electron chi connectivity index (χ1n) is 9.58. The minimum atomic E-state index is -0.722. The highest BCUT2D eigenvalue weighted by Crippen LogP contribution is 2.24. The molecule has 1 atom stereocenters. The number of carbonyl (C=O) groups excluding carboxylic acids is 2. The van der Waals surface area contributed by atoms with E-state index in [0.29, 0.717) is 16.6 Å². The molecule has 0 aliphatic rings. The highest BCUT2D eigenvalue weighted by atomic mass is 35.5. The summed E-state index contributed by atoms with van der Waals surface area (Å²) in [6.45, 7) is 4.40. The predicted molar refractivity (Wildman–Crippen MR) is 114 cm³/mol. The van der Waals surface area contributed by atoms with Crippen LogP contribution < -0.4 is 5.32 Å². The monoisotopic (exact) mass is 438 g/mol. The van der Waals surface area contributed by atoms with Gasteiger partial charge in [0.05, 0.1) is 16.5 Å². The lowest BCUT2D eigenvalue weighted by molar-refractivity contribution is -0.140. The van der Waals surface area contributed by atoms with Crippen LogP contribution in [0.3, 0.4) is 0 Å². The lowest BCUT2D eigenvalue weighted by Gasteiger charge is -2.29. The molecule has 0 bridgehead atoms. The third kappa shape index (κ3) is 6.72. The van der Waals surface area contributed by atoms with Gasteiger partial charge >= 0.3 is 0 Å². The molecule has 0 fully saturated rings. The molecule has 0 saturated carbocycles. The van der Waals surface area contributed by atoms with Crippen molar-refractivity contribution in [3.63, 3.8) is 0 Å². The summed E-state index contributed by atoms with van der Waals surface area (Å²) >= 11 is 12.1. The van der Waals surface area contributed by atoms with Gasteiger partial charge in [0.25, 0.3) is 0 Å². The summed E-state index contributed by atoms with van der Waals surface area (Å²) in [4.78, 5) is 27.0. The fourth-order valence-corrected chi connectivity index (χ4v) is 3.18. The highest BCUT2D eigenvalue weighted by Gasteiger charge is 2.26. The number of amides is 2. The molecule has 0 aromatic heterocycles. The molecule has 2 amide bonds. The average molecular weight is 439 g/mol. The zero-order chi connectivity index (χ0) is 21.4. The molecular weight excluding hydrogens is 414 g/mol. The zero-order valence-corrected chi connectivity index (χ0v) is 18.1. The van der Waals surface area contributed by atoms with Crippen LogP contribution in [0, 0.1) is 5.82 Å². The Morgan fingerprint density at radius 2 is 1.86 bits per heavy atom. The lowest BCUT2D eigenvalue weighted by Crippen LogP contribution is -2.48. The SMILES string of the molecule is CCCCNC(=O)[C@H](C)N(Cc1ccc(Cl)c(Cl)c1)C(=O)Cc1ccccc1F. The van der Waals surface area contributed by atoms with E-state index in [4.69, 9.17) is 23.2 Å². The van der Waals surface area contributed by atoms with Crippen molar-refractivity contribution in [3.8, 4) is 0 Å². The van der Waals surface area contributed by atoms with Crippen LogP contribution in [0.4, 0.5) is 4.39 Å². The van der Waals surface area contributed by atoms with E-state index >= 15 is 0 Å². The van der Waals surface area contributed by atoms with E-state index in [1.54, 1.807) is 43.3 Å². The van der Waals surface area contributed by atoms with Crippen LogP contribution in [0.25, 0.3) is 0 Å². The average Bonchev–Trinajstić information content (AvgIpc) is 2.70. The van der Waals surface area contributed by atoms with E-state index in [2.05, 4.69) is 5.32 Å². The van der Waals surface area contributed by atoms with Gasteiger partial charge in [0, 0.05) is 13.1 Å². The molecule has 0 aliphatic heterocycles. The smallest absolute Gasteiger partial charge is 0.242 e. The van der Waals surface area contributed by atoms with E-state index in [9.17, 15) is 14.0 Å². The number of unbranched alkanes of at least 4 members (excludes halogenated alkanes) is 1. The Labute approximate surface area is 181 Å². The van der Waals surface area contributed by atoms with Gasteiger partial charge in [-0.2, -0.15) is 0 Å². The molecule has 2 aromatic rings. The Morgan fingerprint density at radius 3 is 2.52 bits per heavy atom. The molecule has 0 spiro atoms. The summed E-state index contributed by atoms with van der Waals surface area (Å²) in [5.41, 5.74) is 1.02. The van der Waals surface area contributed by atoms with E-state index in [0.717, 1.165) is 18.4 Å². The van der Waals surface area contributed by atoms with Gasteiger partial charge in [0.15, 0.2) is 0 Å². The molecule has 7 heteroatoms. The van der Waals surface area contributed by atoms with Crippen LogP contribution in [0.2, 0.25) is 10.0 Å². The standard InChI is InChI=1S/C22H25Cl2FN2O2/c1-3-4-11-26-22(29)15(2)27(14-16-9-10-18(23)19(24)12-16)21(28)13-17-7-5-6-8-20(17)25/h5-10,12,15H,3-4,11,13-14H2,1-2H3,(H,26,29)/t15-/m0/s1. The Kier molecular flexibility index (Phi) is 8.93. The van der Waals surface area contributed by atoms with Gasteiger partial charge in [0.1, 0.15) is 11.9 Å². The van der Waals surface area contributed by atoms with Gasteiger partial charge in [-0.25, -0.2) is 4.39 Å². The number of benzene rings is 2. The molecule has 156 valence electrons. The van der Waals surface area contributed by atoms with E-state index in [1.807, 2.05) is 6.92 Å². The Balaban J connectivity index is 2.23. The summed E-state index contributed by atoms with van der Waals surface area (Å²) in [5, 5.41) is 3.62. The van der Waals surface area contributed by atoms with Gasteiger partial charge in [0.2, 0.25) is 11.8 Å². The topological polar surface area (TPSA) is 49.4 Å². The van der Waals surface area contributed by atoms with E-state index in [1.165, 1.54) is 11.0 Å². The summed E-state index contributed by atoms with van der Waals surface area (Å²) in [7, 11) is 0. The second kappa shape index (κ2) is 11.2. The number of nitrogens with zero attached hydrogens (tertiary/aromatic N) is 1. The fourth-order valence-electron chi connectivity index (χ4n) is 2.86. The number of hydrogen-bond acceptors (Lipinski definition) is 2. The van der Waals surface area contributed by atoms with Crippen molar-refractivity contribution in [1.82, 2.24) is 10.2 Å². The quantitative estimate of drug-likeness (QED) is 0.559. The third-order valence-corrected chi connectivity index (χ3v) is 5.37. The number of nitrogens with one attached hydrogen (secondary N) is 1. The number of hydrogen-bond donors (Lipinski definition) is 1. The number of rotatable bonds is 9. The van der Waals surface area contributed by atoms with Crippen LogP contribution in [0.1, 0.15) is 37.8 Å². The normalized spacial score (nSPS) is 11.8. The van der Waals surface area contributed by atoms with Gasteiger partial charge in [-0.15, -0.1) is 0 Å². The van der Waals surface area contributed by atoms with Crippen molar-refractivity contribution in [2.45, 2.75) is 45.7 Å². The zero-order valence-electron chi connectivity index (χ0n) is 16.6. The van der Waals surface area contributed by atoms with Crippen LogP contribution in [-0.4, -0.2) is 29.3 Å². The maximum absolute atomic E-state index is 14.0. The predicted octanol–water partition coefficient (Wildman–Crippen LogP) is 5.01. The summed E-state index contributed by atoms with van der Waals surface area (Å²) in [5.74, 6) is -1.05. The summed E-state index contributed by atoms with van der Waals surface area (Å²) in [6, 6.07) is 10.5. The van der Waals surface area contributed by atoms with Gasteiger partial charge in [-0.1, -0.05) is 60.8 Å². The Bertz CT molecular complexity index is 860. The molecule has 0 unspecified atom stereocenters. The molecule has 0 radical (unpaired) electrons. The van der Waals surface area contributed by atoms with Crippen molar-refractivity contribution in [2.24, 2.45) is 0 Å². The third-order valence-electron chi connectivity index (χ3n) is 4.63. The maximum Gasteiger partial charge on any atom is 0.242 e. The van der Waals surface area contributed by atoms with Crippen molar-refractivity contribution < 1.29 is 14.0 Å². The van der Waals surface area contributed by atoms with Crippen LogP contribution in [0.15, 0.2) is 42.5 Å². The maximum atomic E-state index is 14.0. The summed E-state index contributed by atoms with van der Waals surface area (Å²) in [6.07, 6.45) is 1.67. The number of carbonyl (C=O) groups is 2. The first-order chi connectivity index (χ1) is 13.8. The Morgan fingerprint density at radius 1 is 1.14 bits per heavy atom. The molecule has 0 aliphatic carbocycles. The fraction of sp³-hybridized carbons (Fsp3) is 0.364. The van der Waals surface area contributed by atoms with Gasteiger partial charge < -0.3 is 10.2 Å². The van der Waals surface area contributed by atoms with Crippen LogP contribution in [0.5, 0.6) is 0 Å². The molecule has 2 rings (SSSR count). The second-order valence-electron chi connectivity index (χ2n) is 6.86. The molecule has 2 aromatic carbocycles. The largest absolute Gasteiger partial charge is 0.354 e. The van der Waals surface area contributed by atoms with E-state index < -0.39 is 11.9 Å². The van der Waals surface area contributed by atoms with Crippen LogP contribution >= 0.6 is 23.2 Å². The molecule has 0 saturated heterocycles. The van der Waals surface area contributed by atoms with Gasteiger partial charge in [-0.05, 0) is 42.7 Å². The van der Waals surface area contributed by atoms with Gasteiger partial charge in [-0.3, -0.25) is 9.59 Å². The van der Waals surface area contributed by atoms with Crippen LogP contribution in [-0.2, 0) is 22.6 Å². The van der Waals surface area contributed by atoms with Crippen molar-refractivity contribution in [3.05, 3.63) is 69.5 Å². The number of halogens is 3. The molecule has 1 N–H and O–H groups in total. The lowest BCUT2D eigenvalue weighted by atomic mass is 10.1. The minimum Gasteiger partial charge on any atom is -0.354 e. The van der Waals surface area contributed by atoms with Crippen molar-refractivity contribution in [2.75, 3.05) is 6.54 Å². The first kappa shape index (κ1) is 23.2. The van der Waals surface area contributed by atoms with E-state index in [-0.39, 0.29) is 30.3 Å². The molecular formula is C22H25Cl2FN2O2. The van der Waals surface area contributed by atoms with Crippen molar-refractivity contribution in [1.29, 1.82) is 0 Å². The second-order valence-corrected chi connectivity index (χ2v) is 7.67. The summed E-state index contributed by atoms with van der Waals surface area (Å²) < 4.78 is 14.0. The molecule has 4 nitrogen and oxygen atoms in total. The minimum absolute atomic E-state index is 0.138. The highest BCUT2D eigenvalue weighted by molar-refractivity contribution is 6.42. The molecule has 29 heavy (non-hydrogen) atoms.